The van der Waals surface area contributed by atoms with Crippen LogP contribution in [0.4, 0.5) is 9.93 Å². The van der Waals surface area contributed by atoms with Crippen LogP contribution < -0.4 is 10.6 Å². The van der Waals surface area contributed by atoms with Crippen molar-refractivity contribution < 1.29 is 14.7 Å². The number of carboxylic acids is 1. The summed E-state index contributed by atoms with van der Waals surface area (Å²) < 4.78 is 0.764. The quantitative estimate of drug-likeness (QED) is 0.643. The zero-order valence-electron chi connectivity index (χ0n) is 9.96. The number of imidazole rings is 1. The number of aliphatic carboxylic acids is 1. The van der Waals surface area contributed by atoms with Crippen LogP contribution >= 0.6 is 27.3 Å². The molecule has 0 aliphatic carbocycles. The molecule has 1 unspecified atom stereocenters. The Bertz CT molecular complexity index is 600. The maximum absolute atomic E-state index is 11.7. The number of nitrogens with one attached hydrogen (secondary N) is 3. The Morgan fingerprint density at radius 2 is 2.30 bits per heavy atom. The zero-order valence-corrected chi connectivity index (χ0v) is 12.4. The standard InChI is InChI=1S/C10H10BrN5O3S/c11-7-3-13-10(20-7)16-9(19)15-6(8(17)18)1-5-2-12-4-14-5/h2-4,6H,1H2,(H,12,14)(H,17,18)(H2,13,15,16,19). The van der Waals surface area contributed by atoms with Crippen molar-refractivity contribution in [3.8, 4) is 0 Å². The second kappa shape index (κ2) is 6.48. The van der Waals surface area contributed by atoms with Gasteiger partial charge in [-0.25, -0.2) is 19.6 Å². The average Bonchev–Trinajstić information content (AvgIpc) is 3.00. The maximum Gasteiger partial charge on any atom is 0.326 e. The molecular formula is C10H10BrN5O3S. The molecular weight excluding hydrogens is 350 g/mol. The molecule has 20 heavy (non-hydrogen) atoms. The van der Waals surface area contributed by atoms with E-state index in [2.05, 4.69) is 41.5 Å². The first-order chi connectivity index (χ1) is 9.54. The number of aromatic amines is 1. The molecule has 2 aromatic rings. The number of thiazole rings is 1. The molecule has 2 heterocycles. The normalized spacial score (nSPS) is 11.8. The number of anilines is 1. The van der Waals surface area contributed by atoms with Gasteiger partial charge in [0.25, 0.3) is 0 Å². The number of rotatable bonds is 5. The third kappa shape index (κ3) is 4.03. The van der Waals surface area contributed by atoms with Crippen LogP contribution in [-0.4, -0.2) is 38.1 Å². The monoisotopic (exact) mass is 359 g/mol. The number of aromatic nitrogens is 3. The van der Waals surface area contributed by atoms with Crippen LogP contribution in [0, 0.1) is 0 Å². The van der Waals surface area contributed by atoms with Crippen LogP contribution in [0.5, 0.6) is 0 Å². The molecule has 10 heteroatoms. The second-order valence-corrected chi connectivity index (χ2v) is 6.15. The van der Waals surface area contributed by atoms with E-state index in [0.29, 0.717) is 10.8 Å². The molecule has 0 bridgehead atoms. The first kappa shape index (κ1) is 14.5. The summed E-state index contributed by atoms with van der Waals surface area (Å²) in [5.74, 6) is -1.13. The minimum Gasteiger partial charge on any atom is -0.480 e. The summed E-state index contributed by atoms with van der Waals surface area (Å²) in [6, 6.07) is -1.68. The van der Waals surface area contributed by atoms with E-state index in [0.717, 1.165) is 3.79 Å². The largest absolute Gasteiger partial charge is 0.480 e. The highest BCUT2D eigenvalue weighted by Crippen LogP contribution is 2.22. The minimum absolute atomic E-state index is 0.115. The van der Waals surface area contributed by atoms with Gasteiger partial charge >= 0.3 is 12.0 Å². The first-order valence-electron chi connectivity index (χ1n) is 5.43. The van der Waals surface area contributed by atoms with Crippen molar-refractivity contribution in [2.45, 2.75) is 12.5 Å². The number of carbonyl (C=O) groups is 2. The molecule has 0 spiro atoms. The van der Waals surface area contributed by atoms with Gasteiger partial charge in [-0.05, 0) is 15.9 Å². The Labute approximate surface area is 125 Å². The molecule has 2 aromatic heterocycles. The molecule has 0 aliphatic rings. The van der Waals surface area contributed by atoms with Crippen molar-refractivity contribution in [2.75, 3.05) is 5.32 Å². The number of amides is 2. The lowest BCUT2D eigenvalue weighted by molar-refractivity contribution is -0.139. The lowest BCUT2D eigenvalue weighted by Gasteiger charge is -2.13. The lowest BCUT2D eigenvalue weighted by Crippen LogP contribution is -2.44. The van der Waals surface area contributed by atoms with Crippen LogP contribution in [0.25, 0.3) is 0 Å². The van der Waals surface area contributed by atoms with Crippen LogP contribution in [0.15, 0.2) is 22.5 Å². The molecule has 0 saturated carbocycles. The van der Waals surface area contributed by atoms with E-state index in [1.165, 1.54) is 23.9 Å². The van der Waals surface area contributed by atoms with Gasteiger partial charge in [-0.1, -0.05) is 11.3 Å². The van der Waals surface area contributed by atoms with E-state index in [4.69, 9.17) is 5.11 Å². The molecule has 8 nitrogen and oxygen atoms in total. The number of H-pyrrole nitrogens is 1. The highest BCUT2D eigenvalue weighted by Gasteiger charge is 2.21. The van der Waals surface area contributed by atoms with Crippen molar-refractivity contribution in [3.05, 3.63) is 28.2 Å². The summed E-state index contributed by atoms with van der Waals surface area (Å²) in [4.78, 5) is 33.3. The predicted molar refractivity (Wildman–Crippen MR) is 75.7 cm³/mol. The van der Waals surface area contributed by atoms with Crippen molar-refractivity contribution in [2.24, 2.45) is 0 Å². The van der Waals surface area contributed by atoms with Crippen LogP contribution in [0.2, 0.25) is 0 Å². The average molecular weight is 360 g/mol. The van der Waals surface area contributed by atoms with Gasteiger partial charge in [-0.15, -0.1) is 0 Å². The zero-order chi connectivity index (χ0) is 14.5. The van der Waals surface area contributed by atoms with Crippen molar-refractivity contribution in [3.63, 3.8) is 0 Å². The van der Waals surface area contributed by atoms with Crippen LogP contribution in [0.1, 0.15) is 5.69 Å². The van der Waals surface area contributed by atoms with Gasteiger partial charge in [0.15, 0.2) is 5.13 Å². The van der Waals surface area contributed by atoms with Crippen LogP contribution in [-0.2, 0) is 11.2 Å². The summed E-state index contributed by atoms with van der Waals surface area (Å²) in [6.45, 7) is 0. The topological polar surface area (TPSA) is 120 Å². The Kier molecular flexibility index (Phi) is 4.69. The number of hydrogen-bond donors (Lipinski definition) is 4. The molecule has 1 atom stereocenters. The van der Waals surface area contributed by atoms with Gasteiger partial charge in [-0.3, -0.25) is 5.32 Å². The number of carboxylic acid groups (broad SMARTS) is 1. The summed E-state index contributed by atoms with van der Waals surface area (Å²) in [7, 11) is 0. The molecule has 106 valence electrons. The van der Waals surface area contributed by atoms with Gasteiger partial charge in [0.05, 0.1) is 16.3 Å². The lowest BCUT2D eigenvalue weighted by atomic mass is 10.2. The smallest absolute Gasteiger partial charge is 0.326 e. The highest BCUT2D eigenvalue weighted by molar-refractivity contribution is 9.11. The van der Waals surface area contributed by atoms with E-state index in [1.54, 1.807) is 6.20 Å². The van der Waals surface area contributed by atoms with E-state index in [-0.39, 0.29) is 6.42 Å². The summed E-state index contributed by atoms with van der Waals surface area (Å²) in [6.07, 6.45) is 4.61. The first-order valence-corrected chi connectivity index (χ1v) is 7.04. The Morgan fingerprint density at radius 3 is 2.85 bits per heavy atom. The molecule has 0 aromatic carbocycles. The van der Waals surface area contributed by atoms with E-state index in [9.17, 15) is 9.59 Å². The van der Waals surface area contributed by atoms with E-state index in [1.807, 2.05) is 0 Å². The minimum atomic E-state index is -1.13. The SMILES string of the molecule is O=C(Nc1ncc(Br)s1)NC(Cc1cnc[nH]1)C(=O)O. The van der Waals surface area contributed by atoms with Gasteiger partial charge < -0.3 is 15.4 Å². The molecule has 2 rings (SSSR count). The maximum atomic E-state index is 11.7. The van der Waals surface area contributed by atoms with Crippen molar-refractivity contribution in [1.82, 2.24) is 20.3 Å². The summed E-state index contributed by atoms with van der Waals surface area (Å²) >= 11 is 4.44. The number of urea groups is 1. The number of carbonyl (C=O) groups excluding carboxylic acids is 1. The summed E-state index contributed by atoms with van der Waals surface area (Å²) in [5.41, 5.74) is 0.620. The molecule has 0 saturated heterocycles. The number of halogens is 1. The fraction of sp³-hybridized carbons (Fsp3) is 0.200. The van der Waals surface area contributed by atoms with E-state index >= 15 is 0 Å². The number of nitrogens with zero attached hydrogens (tertiary/aromatic N) is 2. The molecule has 4 N–H and O–H groups in total. The predicted octanol–water partition coefficient (Wildman–Crippen LogP) is 1.45. The molecule has 0 radical (unpaired) electrons. The van der Waals surface area contributed by atoms with Crippen molar-refractivity contribution in [1.29, 1.82) is 0 Å². The van der Waals surface area contributed by atoms with Gasteiger partial charge in [0.2, 0.25) is 0 Å². The van der Waals surface area contributed by atoms with Gasteiger partial charge in [-0.2, -0.15) is 0 Å². The molecule has 0 fully saturated rings. The molecule has 0 aliphatic heterocycles. The fourth-order valence-corrected chi connectivity index (χ4v) is 2.52. The fourth-order valence-electron chi connectivity index (χ4n) is 1.42. The third-order valence-electron chi connectivity index (χ3n) is 2.28. The molecule has 2 amide bonds. The third-order valence-corrected chi connectivity index (χ3v) is 3.67. The Hall–Kier alpha value is -1.94. The van der Waals surface area contributed by atoms with Crippen LogP contribution in [0.3, 0.4) is 0 Å². The van der Waals surface area contributed by atoms with Gasteiger partial charge in [0, 0.05) is 18.3 Å². The number of hydrogen-bond acceptors (Lipinski definition) is 5. The summed E-state index contributed by atoms with van der Waals surface area (Å²) in [5, 5.41) is 14.3. The second-order valence-electron chi connectivity index (χ2n) is 3.74. The Morgan fingerprint density at radius 1 is 1.50 bits per heavy atom. The Balaban J connectivity index is 1.94. The highest BCUT2D eigenvalue weighted by atomic mass is 79.9. The van der Waals surface area contributed by atoms with E-state index < -0.39 is 18.0 Å². The van der Waals surface area contributed by atoms with Gasteiger partial charge in [0.1, 0.15) is 6.04 Å². The van der Waals surface area contributed by atoms with Crippen molar-refractivity contribution >= 4 is 44.4 Å².